The lowest BCUT2D eigenvalue weighted by Crippen LogP contribution is -2.38. The largest absolute Gasteiger partial charge is 0.497 e. The Labute approximate surface area is 183 Å². The fourth-order valence-electron chi connectivity index (χ4n) is 2.39. The lowest BCUT2D eigenvalue weighted by Gasteiger charge is -2.16. The molecule has 0 bridgehead atoms. The highest BCUT2D eigenvalue weighted by atomic mass is 127. The Balaban J connectivity index is 0.00000392. The number of nitrogens with zero attached hydrogens (tertiary/aromatic N) is 1. The molecule has 0 aliphatic rings. The summed E-state index contributed by atoms with van der Waals surface area (Å²) >= 11 is 0. The summed E-state index contributed by atoms with van der Waals surface area (Å²) in [4.78, 5) is 4.34. The molecule has 8 heteroatoms. The van der Waals surface area contributed by atoms with Crippen LogP contribution in [0.4, 0.5) is 0 Å². The van der Waals surface area contributed by atoms with Gasteiger partial charge >= 0.3 is 0 Å². The van der Waals surface area contributed by atoms with Crippen LogP contribution in [-0.2, 0) is 6.54 Å². The first-order valence-corrected chi connectivity index (χ1v) is 8.61. The van der Waals surface area contributed by atoms with Crippen LogP contribution in [0.25, 0.3) is 0 Å². The number of nitrogens with two attached hydrogens (primary N) is 1. The second kappa shape index (κ2) is 12.2. The van der Waals surface area contributed by atoms with Gasteiger partial charge in [-0.2, -0.15) is 0 Å². The van der Waals surface area contributed by atoms with E-state index in [9.17, 15) is 0 Å². The highest BCUT2D eigenvalue weighted by molar-refractivity contribution is 14.0. The Morgan fingerprint density at radius 2 is 1.61 bits per heavy atom. The van der Waals surface area contributed by atoms with Crippen LogP contribution in [-0.4, -0.2) is 39.9 Å². The number of benzene rings is 2. The van der Waals surface area contributed by atoms with E-state index in [1.807, 2.05) is 49.4 Å². The molecule has 0 amide bonds. The second-order valence-corrected chi connectivity index (χ2v) is 5.88. The summed E-state index contributed by atoms with van der Waals surface area (Å²) in [6.45, 7) is 2.93. The summed E-state index contributed by atoms with van der Waals surface area (Å²) in [5, 5.41) is 3.07. The molecule has 3 N–H and O–H groups in total. The number of rotatable bonds is 9. The molecule has 0 aliphatic heterocycles. The number of hydrogen-bond donors (Lipinski definition) is 2. The van der Waals surface area contributed by atoms with Crippen LogP contribution in [0.1, 0.15) is 12.5 Å². The van der Waals surface area contributed by atoms with Gasteiger partial charge in [-0.1, -0.05) is 6.07 Å². The van der Waals surface area contributed by atoms with E-state index in [2.05, 4.69) is 10.3 Å². The molecule has 0 saturated heterocycles. The minimum absolute atomic E-state index is 0. The van der Waals surface area contributed by atoms with Crippen molar-refractivity contribution in [1.29, 1.82) is 0 Å². The van der Waals surface area contributed by atoms with E-state index < -0.39 is 0 Å². The number of hydrogen-bond acceptors (Lipinski definition) is 5. The van der Waals surface area contributed by atoms with Gasteiger partial charge in [0.2, 0.25) is 0 Å². The molecule has 154 valence electrons. The lowest BCUT2D eigenvalue weighted by molar-refractivity contribution is 0.224. The van der Waals surface area contributed by atoms with Crippen LogP contribution in [0.15, 0.2) is 47.5 Å². The predicted molar refractivity (Wildman–Crippen MR) is 121 cm³/mol. The molecule has 28 heavy (non-hydrogen) atoms. The minimum atomic E-state index is -0.0757. The lowest BCUT2D eigenvalue weighted by atomic mass is 10.2. The zero-order valence-electron chi connectivity index (χ0n) is 16.6. The monoisotopic (exact) mass is 501 g/mol. The summed E-state index contributed by atoms with van der Waals surface area (Å²) in [6, 6.07) is 13.1. The molecule has 0 heterocycles. The van der Waals surface area contributed by atoms with Gasteiger partial charge < -0.3 is 30.0 Å². The number of guanidine groups is 1. The smallest absolute Gasteiger partial charge is 0.189 e. The summed E-state index contributed by atoms with van der Waals surface area (Å²) in [5.74, 6) is 3.26. The van der Waals surface area contributed by atoms with Crippen LogP contribution in [0.2, 0.25) is 0 Å². The van der Waals surface area contributed by atoms with Gasteiger partial charge in [0, 0.05) is 0 Å². The third kappa shape index (κ3) is 7.34. The van der Waals surface area contributed by atoms with Gasteiger partial charge in [0.15, 0.2) is 17.5 Å². The molecule has 0 radical (unpaired) electrons. The summed E-state index contributed by atoms with van der Waals surface area (Å²) in [7, 11) is 4.84. The average molecular weight is 501 g/mol. The van der Waals surface area contributed by atoms with E-state index in [-0.39, 0.29) is 30.1 Å². The zero-order valence-corrected chi connectivity index (χ0v) is 18.9. The van der Waals surface area contributed by atoms with Gasteiger partial charge in [-0.25, -0.2) is 4.99 Å². The van der Waals surface area contributed by atoms with E-state index in [0.717, 1.165) is 17.1 Å². The molecule has 2 aromatic rings. The molecular weight excluding hydrogens is 473 g/mol. The zero-order chi connectivity index (χ0) is 19.6. The molecule has 0 saturated carbocycles. The van der Waals surface area contributed by atoms with E-state index in [0.29, 0.717) is 30.5 Å². The number of aliphatic imine (C=N–C) groups is 1. The van der Waals surface area contributed by atoms with Gasteiger partial charge in [-0.15, -0.1) is 24.0 Å². The molecule has 0 aliphatic carbocycles. The molecule has 7 nitrogen and oxygen atoms in total. The predicted octanol–water partition coefficient (Wildman–Crippen LogP) is 3.20. The van der Waals surface area contributed by atoms with Crippen molar-refractivity contribution in [1.82, 2.24) is 5.32 Å². The van der Waals surface area contributed by atoms with Crippen molar-refractivity contribution >= 4 is 29.9 Å². The normalized spacial score (nSPS) is 11.8. The SMILES string of the molecule is COc1ccc(OC(C)CNC(N)=NCc2ccc(OC)c(OC)c2)cc1.I. The Kier molecular flexibility index (Phi) is 10.3. The van der Waals surface area contributed by atoms with Crippen molar-refractivity contribution in [2.24, 2.45) is 10.7 Å². The first kappa shape index (κ1) is 23.7. The van der Waals surface area contributed by atoms with Crippen LogP contribution >= 0.6 is 24.0 Å². The maximum atomic E-state index is 5.94. The van der Waals surface area contributed by atoms with Crippen molar-refractivity contribution in [3.05, 3.63) is 48.0 Å². The van der Waals surface area contributed by atoms with Crippen LogP contribution in [0, 0.1) is 0 Å². The Morgan fingerprint density at radius 3 is 2.21 bits per heavy atom. The molecule has 0 aromatic heterocycles. The first-order chi connectivity index (χ1) is 13.0. The minimum Gasteiger partial charge on any atom is -0.497 e. The molecule has 1 unspecified atom stereocenters. The van der Waals surface area contributed by atoms with Crippen LogP contribution in [0.5, 0.6) is 23.0 Å². The van der Waals surface area contributed by atoms with Crippen molar-refractivity contribution < 1.29 is 18.9 Å². The quantitative estimate of drug-likeness (QED) is 0.312. The Bertz CT molecular complexity index is 754. The second-order valence-electron chi connectivity index (χ2n) is 5.88. The molecule has 0 fully saturated rings. The standard InChI is InChI=1S/C20H27N3O4.HI/c1-14(27-17-8-6-16(24-2)7-9-17)12-22-20(21)23-13-15-5-10-18(25-3)19(11-15)26-4;/h5-11,14H,12-13H2,1-4H3,(H3,21,22,23);1H. The molecule has 0 spiro atoms. The molecule has 1 atom stereocenters. The maximum absolute atomic E-state index is 5.94. The van der Waals surface area contributed by atoms with Crippen LogP contribution in [0.3, 0.4) is 0 Å². The van der Waals surface area contributed by atoms with E-state index in [4.69, 9.17) is 24.7 Å². The topological polar surface area (TPSA) is 87.3 Å². The number of nitrogens with one attached hydrogen (secondary N) is 1. The first-order valence-electron chi connectivity index (χ1n) is 8.61. The van der Waals surface area contributed by atoms with Crippen molar-refractivity contribution in [2.75, 3.05) is 27.9 Å². The van der Waals surface area contributed by atoms with E-state index in [1.165, 1.54) is 0 Å². The molecule has 2 rings (SSSR count). The van der Waals surface area contributed by atoms with Crippen molar-refractivity contribution in [2.45, 2.75) is 19.6 Å². The van der Waals surface area contributed by atoms with E-state index in [1.54, 1.807) is 21.3 Å². The van der Waals surface area contributed by atoms with Gasteiger partial charge in [0.1, 0.15) is 17.6 Å². The molecular formula is C20H28IN3O4. The van der Waals surface area contributed by atoms with E-state index >= 15 is 0 Å². The third-order valence-corrected chi connectivity index (χ3v) is 3.85. The summed E-state index contributed by atoms with van der Waals surface area (Å²) in [6.07, 6.45) is -0.0757. The average Bonchev–Trinajstić information content (AvgIpc) is 2.71. The van der Waals surface area contributed by atoms with Crippen molar-refractivity contribution in [3.8, 4) is 23.0 Å². The van der Waals surface area contributed by atoms with Crippen molar-refractivity contribution in [3.63, 3.8) is 0 Å². The molecule has 2 aromatic carbocycles. The number of methoxy groups -OCH3 is 3. The third-order valence-electron chi connectivity index (χ3n) is 3.85. The van der Waals surface area contributed by atoms with Gasteiger partial charge in [0.25, 0.3) is 0 Å². The van der Waals surface area contributed by atoms with Crippen LogP contribution < -0.4 is 30.0 Å². The maximum Gasteiger partial charge on any atom is 0.189 e. The Morgan fingerprint density at radius 1 is 0.964 bits per heavy atom. The highest BCUT2D eigenvalue weighted by Crippen LogP contribution is 2.27. The van der Waals surface area contributed by atoms with Gasteiger partial charge in [-0.05, 0) is 48.9 Å². The highest BCUT2D eigenvalue weighted by Gasteiger charge is 2.06. The fraction of sp³-hybridized carbons (Fsp3) is 0.350. The number of ether oxygens (including phenoxy) is 4. The summed E-state index contributed by atoms with van der Waals surface area (Å²) < 4.78 is 21.5. The summed E-state index contributed by atoms with van der Waals surface area (Å²) in [5.41, 5.74) is 6.91. The van der Waals surface area contributed by atoms with Gasteiger partial charge in [0.05, 0.1) is 34.4 Å². The Hall–Kier alpha value is -2.36. The number of halogens is 1. The van der Waals surface area contributed by atoms with Gasteiger partial charge in [-0.3, -0.25) is 0 Å². The fourth-order valence-corrected chi connectivity index (χ4v) is 2.39.